The summed E-state index contributed by atoms with van der Waals surface area (Å²) in [7, 11) is 0. The summed E-state index contributed by atoms with van der Waals surface area (Å²) in [6.07, 6.45) is 1.83. The summed E-state index contributed by atoms with van der Waals surface area (Å²) in [5.41, 5.74) is 2.62. The second-order valence-corrected chi connectivity index (χ2v) is 4.29. The standard InChI is InChI=1S/C11H14O2/c1-6-3-8-9(4-7(6)2)11(13)5-10(8)12/h8-9H,3-5H2,1-2H3. The van der Waals surface area contributed by atoms with E-state index in [1.807, 2.05) is 0 Å². The molecule has 0 aromatic rings. The minimum absolute atomic E-state index is 0.0243. The Morgan fingerprint density at radius 3 is 1.69 bits per heavy atom. The van der Waals surface area contributed by atoms with Crippen molar-refractivity contribution in [2.45, 2.75) is 33.1 Å². The van der Waals surface area contributed by atoms with Crippen molar-refractivity contribution >= 4 is 11.6 Å². The maximum Gasteiger partial charge on any atom is 0.144 e. The van der Waals surface area contributed by atoms with Gasteiger partial charge in [0.2, 0.25) is 0 Å². The second kappa shape index (κ2) is 2.79. The molecule has 2 heteroatoms. The number of ketones is 2. The Labute approximate surface area is 78.0 Å². The van der Waals surface area contributed by atoms with Gasteiger partial charge in [0.15, 0.2) is 0 Å². The van der Waals surface area contributed by atoms with Crippen molar-refractivity contribution in [3.63, 3.8) is 0 Å². The first-order valence-corrected chi connectivity index (χ1v) is 4.80. The molecule has 0 heterocycles. The van der Waals surface area contributed by atoms with Gasteiger partial charge in [0.25, 0.3) is 0 Å². The monoisotopic (exact) mass is 178 g/mol. The van der Waals surface area contributed by atoms with Gasteiger partial charge in [-0.25, -0.2) is 0 Å². The van der Waals surface area contributed by atoms with Crippen LogP contribution < -0.4 is 0 Å². The predicted octanol–water partition coefficient (Wildman–Crippen LogP) is 1.89. The van der Waals surface area contributed by atoms with E-state index in [1.165, 1.54) is 11.1 Å². The Balaban J connectivity index is 2.31. The van der Waals surface area contributed by atoms with Gasteiger partial charge in [-0.1, -0.05) is 11.1 Å². The van der Waals surface area contributed by atoms with E-state index in [-0.39, 0.29) is 29.8 Å². The van der Waals surface area contributed by atoms with Crippen molar-refractivity contribution in [3.8, 4) is 0 Å². The largest absolute Gasteiger partial charge is 0.299 e. The topological polar surface area (TPSA) is 34.1 Å². The van der Waals surface area contributed by atoms with Crippen LogP contribution in [-0.4, -0.2) is 11.6 Å². The average molecular weight is 178 g/mol. The first-order valence-electron chi connectivity index (χ1n) is 4.80. The molecule has 0 radical (unpaired) electrons. The summed E-state index contributed by atoms with van der Waals surface area (Å²) in [5.74, 6) is 0.385. The van der Waals surface area contributed by atoms with E-state index < -0.39 is 0 Å². The fourth-order valence-corrected chi connectivity index (χ4v) is 2.40. The van der Waals surface area contributed by atoms with Crippen molar-refractivity contribution in [1.29, 1.82) is 0 Å². The zero-order valence-corrected chi connectivity index (χ0v) is 8.09. The van der Waals surface area contributed by atoms with Gasteiger partial charge in [0, 0.05) is 11.8 Å². The van der Waals surface area contributed by atoms with Gasteiger partial charge in [0.05, 0.1) is 6.42 Å². The van der Waals surface area contributed by atoms with Gasteiger partial charge < -0.3 is 0 Å². The van der Waals surface area contributed by atoms with Crippen molar-refractivity contribution < 1.29 is 9.59 Å². The van der Waals surface area contributed by atoms with Gasteiger partial charge in [-0.2, -0.15) is 0 Å². The number of allylic oxidation sites excluding steroid dienone is 2. The van der Waals surface area contributed by atoms with Crippen molar-refractivity contribution in [2.24, 2.45) is 11.8 Å². The molecule has 0 amide bonds. The molecular formula is C11H14O2. The highest BCUT2D eigenvalue weighted by atomic mass is 16.2. The van der Waals surface area contributed by atoms with E-state index in [1.54, 1.807) is 0 Å². The van der Waals surface area contributed by atoms with E-state index in [9.17, 15) is 9.59 Å². The molecule has 0 aromatic heterocycles. The van der Waals surface area contributed by atoms with Gasteiger partial charge in [-0.3, -0.25) is 9.59 Å². The number of carbonyl (C=O) groups is 2. The number of hydrogen-bond donors (Lipinski definition) is 0. The zero-order valence-electron chi connectivity index (χ0n) is 8.09. The normalized spacial score (nSPS) is 34.0. The zero-order chi connectivity index (χ0) is 9.59. The Morgan fingerprint density at radius 1 is 0.923 bits per heavy atom. The minimum Gasteiger partial charge on any atom is -0.299 e. The highest BCUT2D eigenvalue weighted by Gasteiger charge is 2.43. The number of fused-ring (bicyclic) bond motifs is 1. The first-order chi connectivity index (χ1) is 6.09. The van der Waals surface area contributed by atoms with E-state index in [4.69, 9.17) is 0 Å². The van der Waals surface area contributed by atoms with Crippen LogP contribution in [0, 0.1) is 11.8 Å². The third-order valence-electron chi connectivity index (χ3n) is 3.44. The van der Waals surface area contributed by atoms with Crippen LogP contribution in [0.3, 0.4) is 0 Å². The van der Waals surface area contributed by atoms with Crippen molar-refractivity contribution in [3.05, 3.63) is 11.1 Å². The third-order valence-corrected chi connectivity index (χ3v) is 3.44. The molecule has 2 unspecified atom stereocenters. The molecule has 2 aliphatic rings. The number of carbonyl (C=O) groups excluding carboxylic acids is 2. The minimum atomic E-state index is 0.0243. The van der Waals surface area contributed by atoms with Crippen LogP contribution in [-0.2, 0) is 9.59 Å². The molecule has 2 nitrogen and oxygen atoms in total. The maximum atomic E-state index is 11.4. The Morgan fingerprint density at radius 2 is 1.31 bits per heavy atom. The predicted molar refractivity (Wildman–Crippen MR) is 49.2 cm³/mol. The highest BCUT2D eigenvalue weighted by molar-refractivity contribution is 6.08. The van der Waals surface area contributed by atoms with E-state index >= 15 is 0 Å². The van der Waals surface area contributed by atoms with Gasteiger partial charge in [0.1, 0.15) is 11.6 Å². The van der Waals surface area contributed by atoms with Crippen LogP contribution in [0.2, 0.25) is 0 Å². The lowest BCUT2D eigenvalue weighted by atomic mass is 9.78. The van der Waals surface area contributed by atoms with Crippen LogP contribution in [0.5, 0.6) is 0 Å². The number of hydrogen-bond acceptors (Lipinski definition) is 2. The molecule has 0 spiro atoms. The lowest BCUT2D eigenvalue weighted by Gasteiger charge is -2.24. The fourth-order valence-electron chi connectivity index (χ4n) is 2.40. The maximum absolute atomic E-state index is 11.4. The van der Waals surface area contributed by atoms with Crippen LogP contribution in [0.15, 0.2) is 11.1 Å². The Hall–Kier alpha value is -0.920. The molecule has 0 saturated heterocycles. The third kappa shape index (κ3) is 1.25. The summed E-state index contributed by atoms with van der Waals surface area (Å²) < 4.78 is 0. The SMILES string of the molecule is CC1=C(C)CC2C(=O)CC(=O)C2C1. The lowest BCUT2D eigenvalue weighted by molar-refractivity contribution is -0.122. The van der Waals surface area contributed by atoms with Crippen LogP contribution in [0.1, 0.15) is 33.1 Å². The summed E-state index contributed by atoms with van der Waals surface area (Å²) in [6.45, 7) is 4.14. The molecule has 13 heavy (non-hydrogen) atoms. The summed E-state index contributed by atoms with van der Waals surface area (Å²) >= 11 is 0. The van der Waals surface area contributed by atoms with Gasteiger partial charge in [-0.05, 0) is 26.7 Å². The van der Waals surface area contributed by atoms with Crippen LogP contribution in [0.25, 0.3) is 0 Å². The molecule has 2 aliphatic carbocycles. The molecule has 0 aliphatic heterocycles. The smallest absolute Gasteiger partial charge is 0.144 e. The first kappa shape index (κ1) is 8.67. The van der Waals surface area contributed by atoms with Crippen LogP contribution in [0.4, 0.5) is 0 Å². The molecule has 0 N–H and O–H groups in total. The Kier molecular flexibility index (Phi) is 1.86. The van der Waals surface area contributed by atoms with Crippen LogP contribution >= 0.6 is 0 Å². The van der Waals surface area contributed by atoms with Crippen molar-refractivity contribution in [1.82, 2.24) is 0 Å². The molecule has 2 rings (SSSR count). The molecule has 0 bridgehead atoms. The number of Topliss-reactive ketones (excluding diaryl/α,β-unsaturated/α-hetero) is 2. The quantitative estimate of drug-likeness (QED) is 0.419. The molecular weight excluding hydrogens is 164 g/mol. The molecule has 1 fully saturated rings. The Bertz CT molecular complexity index is 282. The fraction of sp³-hybridized carbons (Fsp3) is 0.636. The second-order valence-electron chi connectivity index (χ2n) is 4.29. The molecule has 1 saturated carbocycles. The summed E-state index contributed by atoms with van der Waals surface area (Å²) in [5, 5.41) is 0. The highest BCUT2D eigenvalue weighted by Crippen LogP contribution is 2.40. The van der Waals surface area contributed by atoms with Crippen molar-refractivity contribution in [2.75, 3.05) is 0 Å². The average Bonchev–Trinajstić information content (AvgIpc) is 2.31. The number of rotatable bonds is 0. The van der Waals surface area contributed by atoms with E-state index in [0.717, 1.165) is 12.8 Å². The van der Waals surface area contributed by atoms with E-state index in [2.05, 4.69) is 13.8 Å². The molecule has 70 valence electrons. The summed E-state index contributed by atoms with van der Waals surface area (Å²) in [4.78, 5) is 22.9. The summed E-state index contributed by atoms with van der Waals surface area (Å²) in [6, 6.07) is 0. The lowest BCUT2D eigenvalue weighted by Crippen LogP contribution is -2.22. The van der Waals surface area contributed by atoms with Gasteiger partial charge in [-0.15, -0.1) is 0 Å². The van der Waals surface area contributed by atoms with Gasteiger partial charge >= 0.3 is 0 Å². The molecule has 2 atom stereocenters. The van der Waals surface area contributed by atoms with E-state index in [0.29, 0.717) is 0 Å². The molecule has 0 aromatic carbocycles.